The third kappa shape index (κ3) is 5.57. The number of anilines is 1. The quantitative estimate of drug-likeness (QED) is 0.710. The van der Waals surface area contributed by atoms with Gasteiger partial charge >= 0.3 is 0 Å². The lowest BCUT2D eigenvalue weighted by molar-refractivity contribution is -0.122. The molecule has 0 spiro atoms. The summed E-state index contributed by atoms with van der Waals surface area (Å²) in [6.45, 7) is 4.28. The molecule has 1 aromatic carbocycles. The summed E-state index contributed by atoms with van der Waals surface area (Å²) in [5.74, 6) is 1.17. The van der Waals surface area contributed by atoms with Crippen LogP contribution in [0.1, 0.15) is 26.7 Å². The molecule has 128 valence electrons. The molecule has 0 radical (unpaired) electrons. The Bertz CT molecular complexity index is 641. The monoisotopic (exact) mass is 345 g/mol. The Morgan fingerprint density at radius 2 is 2.12 bits per heavy atom. The third-order valence-corrected chi connectivity index (χ3v) is 5.30. The zero-order valence-corrected chi connectivity index (χ0v) is 14.9. The second-order valence-corrected chi connectivity index (χ2v) is 7.31. The van der Waals surface area contributed by atoms with Gasteiger partial charge in [-0.05, 0) is 31.4 Å². The van der Waals surface area contributed by atoms with Crippen LogP contribution in [0.25, 0.3) is 0 Å². The van der Waals surface area contributed by atoms with Crippen molar-refractivity contribution in [1.29, 1.82) is 5.26 Å². The molecule has 1 fully saturated rings. The minimum Gasteiger partial charge on any atom is -0.355 e. The number of thioether (sulfide) groups is 1. The number of nitrogens with one attached hydrogen (secondary N) is 2. The lowest BCUT2D eigenvalue weighted by atomic mass is 10.3. The van der Waals surface area contributed by atoms with Gasteiger partial charge in [0.25, 0.3) is 0 Å². The highest BCUT2D eigenvalue weighted by Crippen LogP contribution is 2.37. The van der Waals surface area contributed by atoms with E-state index in [1.807, 2.05) is 31.2 Å². The summed E-state index contributed by atoms with van der Waals surface area (Å²) in [5.41, 5.74) is 0.750. The van der Waals surface area contributed by atoms with Gasteiger partial charge in [-0.25, -0.2) is 0 Å². The number of para-hydroxylation sites is 1. The maximum atomic E-state index is 12.1. The van der Waals surface area contributed by atoms with Gasteiger partial charge in [-0.3, -0.25) is 9.59 Å². The van der Waals surface area contributed by atoms with E-state index in [0.717, 1.165) is 17.0 Å². The molecule has 0 bridgehead atoms. The Hall–Kier alpha value is -2.00. The Balaban J connectivity index is 1.78. The van der Waals surface area contributed by atoms with Gasteiger partial charge in [-0.15, -0.1) is 11.8 Å². The fourth-order valence-corrected chi connectivity index (χ4v) is 3.23. The van der Waals surface area contributed by atoms with Gasteiger partial charge in [0, 0.05) is 29.5 Å². The van der Waals surface area contributed by atoms with Crippen LogP contribution >= 0.6 is 11.8 Å². The lowest BCUT2D eigenvalue weighted by Crippen LogP contribution is -2.29. The van der Waals surface area contributed by atoms with E-state index in [1.165, 1.54) is 0 Å². The summed E-state index contributed by atoms with van der Waals surface area (Å²) in [6, 6.07) is 9.76. The normalized spacial score (nSPS) is 19.9. The number of hydrogen-bond donors (Lipinski definition) is 2. The smallest absolute Gasteiger partial charge is 0.226 e. The molecule has 1 aromatic rings. The zero-order valence-electron chi connectivity index (χ0n) is 14.0. The summed E-state index contributed by atoms with van der Waals surface area (Å²) < 4.78 is 0. The number of carbonyl (C=O) groups excluding carboxylic acids is 2. The summed E-state index contributed by atoms with van der Waals surface area (Å²) >= 11 is 1.56. The van der Waals surface area contributed by atoms with Crippen molar-refractivity contribution in [2.45, 2.75) is 31.6 Å². The molecule has 0 aliphatic heterocycles. The van der Waals surface area contributed by atoms with Crippen molar-refractivity contribution in [3.63, 3.8) is 0 Å². The van der Waals surface area contributed by atoms with E-state index in [2.05, 4.69) is 23.6 Å². The fraction of sp³-hybridized carbons (Fsp3) is 0.500. The third-order valence-electron chi connectivity index (χ3n) is 3.97. The molecule has 0 heterocycles. The lowest BCUT2D eigenvalue weighted by Gasteiger charge is -2.11. The number of hydrogen-bond acceptors (Lipinski definition) is 4. The van der Waals surface area contributed by atoms with Gasteiger partial charge in [-0.2, -0.15) is 5.26 Å². The predicted molar refractivity (Wildman–Crippen MR) is 95.5 cm³/mol. The number of rotatable bonds is 8. The molecule has 1 saturated carbocycles. The highest BCUT2D eigenvalue weighted by Gasteiger charge is 2.38. The van der Waals surface area contributed by atoms with Gasteiger partial charge in [0.05, 0.1) is 17.7 Å². The van der Waals surface area contributed by atoms with Crippen LogP contribution in [0.3, 0.4) is 0 Å². The van der Waals surface area contributed by atoms with Crippen molar-refractivity contribution in [2.75, 3.05) is 17.6 Å². The molecular formula is C18H23N3O2S. The molecule has 24 heavy (non-hydrogen) atoms. The Labute approximate surface area is 147 Å². The van der Waals surface area contributed by atoms with E-state index in [9.17, 15) is 9.59 Å². The highest BCUT2D eigenvalue weighted by molar-refractivity contribution is 7.99. The Morgan fingerprint density at radius 1 is 1.42 bits per heavy atom. The van der Waals surface area contributed by atoms with Crippen molar-refractivity contribution < 1.29 is 9.59 Å². The Morgan fingerprint density at radius 3 is 2.79 bits per heavy atom. The van der Waals surface area contributed by atoms with Crippen molar-refractivity contribution in [3.8, 4) is 6.07 Å². The van der Waals surface area contributed by atoms with Gasteiger partial charge in [0.2, 0.25) is 11.8 Å². The van der Waals surface area contributed by atoms with Gasteiger partial charge in [0.15, 0.2) is 0 Å². The van der Waals surface area contributed by atoms with E-state index in [0.29, 0.717) is 18.2 Å². The van der Waals surface area contributed by atoms with E-state index in [4.69, 9.17) is 5.26 Å². The molecule has 2 N–H and O–H groups in total. The van der Waals surface area contributed by atoms with Crippen LogP contribution in [-0.4, -0.2) is 24.1 Å². The minimum absolute atomic E-state index is 0.0428. The zero-order chi connectivity index (χ0) is 17.5. The number of amides is 2. The van der Waals surface area contributed by atoms with Gasteiger partial charge in [-0.1, -0.05) is 19.1 Å². The topological polar surface area (TPSA) is 82.0 Å². The average molecular weight is 345 g/mol. The van der Waals surface area contributed by atoms with Crippen molar-refractivity contribution in [2.24, 2.45) is 17.8 Å². The maximum absolute atomic E-state index is 12.1. The van der Waals surface area contributed by atoms with Crippen LogP contribution < -0.4 is 10.6 Å². The number of carbonyl (C=O) groups is 2. The summed E-state index contributed by atoms with van der Waals surface area (Å²) in [6.07, 6.45) is 1.20. The highest BCUT2D eigenvalue weighted by atomic mass is 32.2. The molecule has 3 atom stereocenters. The molecule has 0 saturated heterocycles. The number of nitrogens with zero attached hydrogens (tertiary/aromatic N) is 1. The molecular weight excluding hydrogens is 322 g/mol. The standard InChI is InChI=1S/C18H23N3O2S/c1-12(10-19)11-24-16-6-4-3-5-15(16)21-17(22)7-8-20-18(23)14-9-13(14)2/h3-6,12-14H,7-9,11H2,1-2H3,(H,20,23)(H,21,22)/t12-,13-,14+/m1/s1. The first-order valence-corrected chi connectivity index (χ1v) is 9.18. The van der Waals surface area contributed by atoms with Crippen LogP contribution in [0.15, 0.2) is 29.2 Å². The largest absolute Gasteiger partial charge is 0.355 e. The average Bonchev–Trinajstić information content (AvgIpc) is 3.30. The van der Waals surface area contributed by atoms with Crippen LogP contribution in [0.4, 0.5) is 5.69 Å². The van der Waals surface area contributed by atoms with Crippen molar-refractivity contribution in [3.05, 3.63) is 24.3 Å². The van der Waals surface area contributed by atoms with Gasteiger partial charge in [0.1, 0.15) is 0 Å². The SMILES string of the molecule is C[C@H](C#N)CSc1ccccc1NC(=O)CCNC(=O)[C@H]1C[C@H]1C. The van der Waals surface area contributed by atoms with Gasteiger partial charge < -0.3 is 10.6 Å². The van der Waals surface area contributed by atoms with Crippen molar-refractivity contribution in [1.82, 2.24) is 5.32 Å². The number of benzene rings is 1. The second-order valence-electron chi connectivity index (χ2n) is 6.25. The summed E-state index contributed by atoms with van der Waals surface area (Å²) in [4.78, 5) is 24.7. The minimum atomic E-state index is -0.125. The van der Waals surface area contributed by atoms with Crippen LogP contribution in [0.2, 0.25) is 0 Å². The second kappa shape index (κ2) is 8.74. The molecule has 1 aliphatic carbocycles. The fourth-order valence-electron chi connectivity index (χ4n) is 2.28. The first-order valence-electron chi connectivity index (χ1n) is 8.20. The first-order chi connectivity index (χ1) is 11.5. The summed E-state index contributed by atoms with van der Waals surface area (Å²) in [5, 5.41) is 14.6. The first kappa shape index (κ1) is 18.3. The summed E-state index contributed by atoms with van der Waals surface area (Å²) in [7, 11) is 0. The van der Waals surface area contributed by atoms with Crippen LogP contribution in [0, 0.1) is 29.1 Å². The van der Waals surface area contributed by atoms with Crippen LogP contribution in [0.5, 0.6) is 0 Å². The van der Waals surface area contributed by atoms with E-state index >= 15 is 0 Å². The number of nitriles is 1. The van der Waals surface area contributed by atoms with Crippen LogP contribution in [-0.2, 0) is 9.59 Å². The van der Waals surface area contributed by atoms with E-state index in [-0.39, 0.29) is 30.1 Å². The Kier molecular flexibility index (Phi) is 6.68. The molecule has 0 aromatic heterocycles. The predicted octanol–water partition coefficient (Wildman–Crippen LogP) is 3.04. The van der Waals surface area contributed by atoms with Crippen molar-refractivity contribution >= 4 is 29.3 Å². The molecule has 1 aliphatic rings. The van der Waals surface area contributed by atoms with E-state index in [1.54, 1.807) is 11.8 Å². The maximum Gasteiger partial charge on any atom is 0.226 e. The molecule has 5 nitrogen and oxygen atoms in total. The molecule has 2 amide bonds. The van der Waals surface area contributed by atoms with E-state index < -0.39 is 0 Å². The molecule has 6 heteroatoms. The molecule has 2 rings (SSSR count). The molecule has 0 unspecified atom stereocenters.